The van der Waals surface area contributed by atoms with Crippen molar-refractivity contribution in [3.63, 3.8) is 0 Å². The van der Waals surface area contributed by atoms with Crippen LogP contribution in [0.3, 0.4) is 0 Å². The van der Waals surface area contributed by atoms with E-state index in [4.69, 9.17) is 4.74 Å². The van der Waals surface area contributed by atoms with Crippen LogP contribution in [0.2, 0.25) is 0 Å². The van der Waals surface area contributed by atoms with Crippen molar-refractivity contribution in [3.05, 3.63) is 65.2 Å². The van der Waals surface area contributed by atoms with Crippen molar-refractivity contribution in [1.82, 2.24) is 15.1 Å². The van der Waals surface area contributed by atoms with Gasteiger partial charge in [-0.25, -0.2) is 4.79 Å². The summed E-state index contributed by atoms with van der Waals surface area (Å²) in [6, 6.07) is 14.8. The lowest BCUT2D eigenvalue weighted by atomic mass is 9.88. The Bertz CT molecular complexity index is 1000. The Labute approximate surface area is 182 Å². The second-order valence-corrected chi connectivity index (χ2v) is 8.34. The van der Waals surface area contributed by atoms with Gasteiger partial charge in [0.25, 0.3) is 5.91 Å². The predicted molar refractivity (Wildman–Crippen MR) is 116 cm³/mol. The first kappa shape index (κ1) is 20.9. The minimum atomic E-state index is -1.04. The van der Waals surface area contributed by atoms with Gasteiger partial charge in [-0.05, 0) is 43.0 Å². The minimum absolute atomic E-state index is 0.0636. The first-order chi connectivity index (χ1) is 14.9. The number of hydrogen-bond acceptors (Lipinski definition) is 4. The van der Waals surface area contributed by atoms with Crippen molar-refractivity contribution >= 4 is 17.8 Å². The quantitative estimate of drug-likeness (QED) is 0.753. The molecule has 0 saturated carbocycles. The first-order valence-corrected chi connectivity index (χ1v) is 10.5. The van der Waals surface area contributed by atoms with Gasteiger partial charge in [-0.1, -0.05) is 42.0 Å². The summed E-state index contributed by atoms with van der Waals surface area (Å²) >= 11 is 0. The summed E-state index contributed by atoms with van der Waals surface area (Å²) in [5.74, 6) is 0.383. The standard InChI is InChI=1S/C24H27N3O4/c1-17-7-9-18(10-8-17)15-27-22(29)24(25-23(27)30)11-4-12-26(16-24)21(28)14-19-5-3-6-20(13-19)31-2/h3,5-10,13H,4,11-12,14-16H2,1-2H3,(H,25,30)/t24-/m1/s1. The summed E-state index contributed by atoms with van der Waals surface area (Å²) in [7, 11) is 1.59. The van der Waals surface area contributed by atoms with Crippen molar-refractivity contribution in [3.8, 4) is 5.75 Å². The van der Waals surface area contributed by atoms with E-state index in [9.17, 15) is 14.4 Å². The lowest BCUT2D eigenvalue weighted by molar-refractivity contribution is -0.138. The summed E-state index contributed by atoms with van der Waals surface area (Å²) in [6.07, 6.45) is 1.42. The number of methoxy groups -OCH3 is 1. The van der Waals surface area contributed by atoms with Gasteiger partial charge < -0.3 is 15.0 Å². The SMILES string of the molecule is COc1cccc(CC(=O)N2CCC[C@]3(C2)NC(=O)N(Cc2ccc(C)cc2)C3=O)c1. The fraction of sp³-hybridized carbons (Fsp3) is 0.375. The molecule has 0 aromatic heterocycles. The third-order valence-electron chi connectivity index (χ3n) is 6.04. The molecule has 4 rings (SSSR count). The van der Waals surface area contributed by atoms with Gasteiger partial charge in [0, 0.05) is 6.54 Å². The molecule has 2 heterocycles. The maximum atomic E-state index is 13.3. The summed E-state index contributed by atoms with van der Waals surface area (Å²) < 4.78 is 5.23. The Morgan fingerprint density at radius 1 is 1.13 bits per heavy atom. The van der Waals surface area contributed by atoms with Gasteiger partial charge in [0.2, 0.25) is 5.91 Å². The highest BCUT2D eigenvalue weighted by atomic mass is 16.5. The maximum absolute atomic E-state index is 13.3. The van der Waals surface area contributed by atoms with E-state index in [1.54, 1.807) is 12.0 Å². The van der Waals surface area contributed by atoms with Gasteiger partial charge in [0.05, 0.1) is 26.6 Å². The second kappa shape index (κ2) is 8.41. The summed E-state index contributed by atoms with van der Waals surface area (Å²) in [4.78, 5) is 41.8. The highest BCUT2D eigenvalue weighted by Crippen LogP contribution is 2.30. The molecule has 4 amide bonds. The molecule has 0 radical (unpaired) electrons. The van der Waals surface area contributed by atoms with E-state index in [0.29, 0.717) is 25.1 Å². The number of urea groups is 1. The molecule has 1 spiro atoms. The van der Waals surface area contributed by atoms with Crippen molar-refractivity contribution in [2.24, 2.45) is 0 Å². The number of rotatable bonds is 5. The van der Waals surface area contributed by atoms with Gasteiger partial charge >= 0.3 is 6.03 Å². The Hall–Kier alpha value is -3.35. The van der Waals surface area contributed by atoms with E-state index in [-0.39, 0.29) is 31.3 Å². The largest absolute Gasteiger partial charge is 0.497 e. The van der Waals surface area contributed by atoms with E-state index in [1.165, 1.54) is 4.90 Å². The van der Waals surface area contributed by atoms with Crippen molar-refractivity contribution in [2.75, 3.05) is 20.2 Å². The average molecular weight is 421 g/mol. The Morgan fingerprint density at radius 3 is 2.65 bits per heavy atom. The van der Waals surface area contributed by atoms with Crippen LogP contribution < -0.4 is 10.1 Å². The van der Waals surface area contributed by atoms with E-state index in [2.05, 4.69) is 5.32 Å². The number of benzene rings is 2. The van der Waals surface area contributed by atoms with Crippen LogP contribution in [0.5, 0.6) is 5.75 Å². The van der Waals surface area contributed by atoms with E-state index in [0.717, 1.165) is 16.7 Å². The third-order valence-corrected chi connectivity index (χ3v) is 6.04. The molecule has 0 aliphatic carbocycles. The predicted octanol–water partition coefficient (Wildman–Crippen LogP) is 2.66. The zero-order valence-electron chi connectivity index (χ0n) is 17.9. The molecular formula is C24H27N3O4. The van der Waals surface area contributed by atoms with Gasteiger partial charge in [0.15, 0.2) is 0 Å². The topological polar surface area (TPSA) is 79.0 Å². The lowest BCUT2D eigenvalue weighted by Gasteiger charge is -2.38. The fourth-order valence-electron chi connectivity index (χ4n) is 4.31. The second-order valence-electron chi connectivity index (χ2n) is 8.34. The Balaban J connectivity index is 1.46. The van der Waals surface area contributed by atoms with Crippen molar-refractivity contribution in [1.29, 1.82) is 0 Å². The zero-order valence-corrected chi connectivity index (χ0v) is 17.9. The number of carbonyl (C=O) groups excluding carboxylic acids is 3. The van der Waals surface area contributed by atoms with Crippen LogP contribution in [0.25, 0.3) is 0 Å². The number of carbonyl (C=O) groups is 3. The molecule has 2 aliphatic heterocycles. The van der Waals surface area contributed by atoms with Gasteiger partial charge in [0.1, 0.15) is 11.3 Å². The molecule has 2 aromatic carbocycles. The van der Waals surface area contributed by atoms with E-state index < -0.39 is 11.6 Å². The molecule has 7 nitrogen and oxygen atoms in total. The Kier molecular flexibility index (Phi) is 5.67. The van der Waals surface area contributed by atoms with Gasteiger partial charge in [-0.2, -0.15) is 0 Å². The molecule has 31 heavy (non-hydrogen) atoms. The molecule has 2 fully saturated rings. The highest BCUT2D eigenvalue weighted by Gasteiger charge is 2.53. The van der Waals surface area contributed by atoms with Crippen LogP contribution in [0.4, 0.5) is 4.79 Å². The van der Waals surface area contributed by atoms with Gasteiger partial charge in [-0.15, -0.1) is 0 Å². The van der Waals surface area contributed by atoms with Crippen LogP contribution in [-0.2, 0) is 22.6 Å². The normalized spacial score (nSPS) is 20.8. The molecule has 0 bridgehead atoms. The zero-order chi connectivity index (χ0) is 22.0. The van der Waals surface area contributed by atoms with Crippen LogP contribution in [0, 0.1) is 6.92 Å². The number of nitrogens with zero attached hydrogens (tertiary/aromatic N) is 2. The molecule has 162 valence electrons. The Morgan fingerprint density at radius 2 is 1.90 bits per heavy atom. The summed E-state index contributed by atoms with van der Waals surface area (Å²) in [6.45, 7) is 2.99. The number of hydrogen-bond donors (Lipinski definition) is 1. The highest BCUT2D eigenvalue weighted by molar-refractivity contribution is 6.07. The van der Waals surface area contributed by atoms with Crippen molar-refractivity contribution < 1.29 is 19.1 Å². The number of likely N-dealkylation sites (tertiary alicyclic amines) is 1. The molecule has 2 saturated heterocycles. The number of piperidine rings is 1. The number of imide groups is 1. The molecule has 1 atom stereocenters. The lowest BCUT2D eigenvalue weighted by Crippen LogP contribution is -2.59. The molecule has 2 aromatic rings. The average Bonchev–Trinajstić information content (AvgIpc) is 2.99. The van der Waals surface area contributed by atoms with E-state index >= 15 is 0 Å². The molecule has 7 heteroatoms. The minimum Gasteiger partial charge on any atom is -0.497 e. The molecular weight excluding hydrogens is 394 g/mol. The van der Waals surface area contributed by atoms with Crippen LogP contribution >= 0.6 is 0 Å². The van der Waals surface area contributed by atoms with E-state index in [1.807, 2.05) is 55.5 Å². The smallest absolute Gasteiger partial charge is 0.325 e. The number of amides is 4. The summed E-state index contributed by atoms with van der Waals surface area (Å²) in [5, 5.41) is 2.89. The number of aryl methyl sites for hydroxylation is 1. The molecule has 2 aliphatic rings. The fourth-order valence-corrected chi connectivity index (χ4v) is 4.31. The maximum Gasteiger partial charge on any atom is 0.325 e. The van der Waals surface area contributed by atoms with Gasteiger partial charge in [-0.3, -0.25) is 14.5 Å². The first-order valence-electron chi connectivity index (χ1n) is 10.5. The molecule has 0 unspecified atom stereocenters. The van der Waals surface area contributed by atoms with Crippen LogP contribution in [0.1, 0.15) is 29.5 Å². The van der Waals surface area contributed by atoms with Crippen LogP contribution in [-0.4, -0.2) is 53.4 Å². The van der Waals surface area contributed by atoms with Crippen LogP contribution in [0.15, 0.2) is 48.5 Å². The summed E-state index contributed by atoms with van der Waals surface area (Å²) in [5.41, 5.74) is 1.83. The van der Waals surface area contributed by atoms with Crippen molar-refractivity contribution in [2.45, 2.75) is 38.3 Å². The molecule has 1 N–H and O–H groups in total. The monoisotopic (exact) mass is 421 g/mol. The number of ether oxygens (including phenoxy) is 1. The third kappa shape index (κ3) is 4.26. The number of nitrogens with one attached hydrogen (secondary N) is 1.